The van der Waals surface area contributed by atoms with Gasteiger partial charge in [0.1, 0.15) is 5.75 Å². The van der Waals surface area contributed by atoms with E-state index in [2.05, 4.69) is 10.3 Å². The van der Waals surface area contributed by atoms with E-state index in [0.717, 1.165) is 16.5 Å². The Labute approximate surface area is 139 Å². The fourth-order valence-corrected chi connectivity index (χ4v) is 2.36. The van der Waals surface area contributed by atoms with E-state index in [1.807, 2.05) is 30.3 Å². The molecule has 1 amide bonds. The molecule has 5 heteroatoms. The quantitative estimate of drug-likeness (QED) is 0.779. The Morgan fingerprint density at radius 2 is 1.87 bits per heavy atom. The first-order valence-electron chi connectivity index (χ1n) is 7.20. The van der Waals surface area contributed by atoms with Gasteiger partial charge in [0.05, 0.1) is 5.52 Å². The maximum atomic E-state index is 11.9. The number of nitrogens with zero attached hydrogens (tertiary/aromatic N) is 1. The van der Waals surface area contributed by atoms with Gasteiger partial charge in [-0.15, -0.1) is 0 Å². The number of aromatic nitrogens is 1. The minimum Gasteiger partial charge on any atom is -0.484 e. The molecule has 23 heavy (non-hydrogen) atoms. The average Bonchev–Trinajstić information content (AvgIpc) is 2.59. The normalized spacial score (nSPS) is 10.5. The summed E-state index contributed by atoms with van der Waals surface area (Å²) in [6.45, 7) is 0.399. The van der Waals surface area contributed by atoms with E-state index >= 15 is 0 Å². The Kier molecular flexibility index (Phi) is 4.74. The summed E-state index contributed by atoms with van der Waals surface area (Å²) < 4.78 is 5.42. The summed E-state index contributed by atoms with van der Waals surface area (Å²) in [6.07, 6.45) is 1.74. The summed E-state index contributed by atoms with van der Waals surface area (Å²) in [6, 6.07) is 16.6. The number of halogens is 1. The lowest BCUT2D eigenvalue weighted by molar-refractivity contribution is -0.123. The Morgan fingerprint density at radius 3 is 2.70 bits per heavy atom. The van der Waals surface area contributed by atoms with Crippen molar-refractivity contribution in [3.63, 3.8) is 0 Å². The third kappa shape index (κ3) is 3.99. The van der Waals surface area contributed by atoms with Crippen LogP contribution in [0, 0.1) is 0 Å². The predicted molar refractivity (Wildman–Crippen MR) is 90.5 cm³/mol. The van der Waals surface area contributed by atoms with E-state index in [4.69, 9.17) is 16.3 Å². The van der Waals surface area contributed by atoms with Crippen LogP contribution < -0.4 is 10.1 Å². The topological polar surface area (TPSA) is 51.2 Å². The van der Waals surface area contributed by atoms with Gasteiger partial charge in [-0.25, -0.2) is 0 Å². The highest BCUT2D eigenvalue weighted by Gasteiger charge is 2.05. The van der Waals surface area contributed by atoms with Gasteiger partial charge in [0, 0.05) is 23.2 Å². The number of hydrogen-bond acceptors (Lipinski definition) is 3. The number of carbonyl (C=O) groups is 1. The van der Waals surface area contributed by atoms with Crippen molar-refractivity contribution in [1.82, 2.24) is 10.3 Å². The first-order chi connectivity index (χ1) is 11.2. The molecule has 0 atom stereocenters. The first kappa shape index (κ1) is 15.3. The monoisotopic (exact) mass is 326 g/mol. The van der Waals surface area contributed by atoms with Crippen molar-refractivity contribution in [1.29, 1.82) is 0 Å². The molecule has 0 aliphatic rings. The molecular weight excluding hydrogens is 312 g/mol. The molecule has 3 rings (SSSR count). The van der Waals surface area contributed by atoms with Crippen LogP contribution in [0.15, 0.2) is 60.8 Å². The van der Waals surface area contributed by atoms with Crippen LogP contribution in [0.1, 0.15) is 5.56 Å². The molecule has 4 nitrogen and oxygen atoms in total. The standard InChI is InChI=1S/C18H15ClN2O2/c19-14-5-7-15(8-6-14)23-12-18(22)21-11-13-9-10-20-17-4-2-1-3-16(13)17/h1-10H,11-12H2,(H,21,22). The lowest BCUT2D eigenvalue weighted by Crippen LogP contribution is -2.28. The summed E-state index contributed by atoms with van der Waals surface area (Å²) in [5.74, 6) is 0.430. The molecule has 116 valence electrons. The van der Waals surface area contributed by atoms with Crippen LogP contribution in [-0.2, 0) is 11.3 Å². The lowest BCUT2D eigenvalue weighted by atomic mass is 10.1. The second-order valence-electron chi connectivity index (χ2n) is 5.01. The first-order valence-corrected chi connectivity index (χ1v) is 7.58. The molecule has 0 unspecified atom stereocenters. The SMILES string of the molecule is O=C(COc1ccc(Cl)cc1)NCc1ccnc2ccccc12. The number of hydrogen-bond donors (Lipinski definition) is 1. The fraction of sp³-hybridized carbons (Fsp3) is 0.111. The number of amides is 1. The van der Waals surface area contributed by atoms with Crippen molar-refractivity contribution in [3.05, 3.63) is 71.4 Å². The molecule has 0 fully saturated rings. The Morgan fingerprint density at radius 1 is 1.09 bits per heavy atom. The van der Waals surface area contributed by atoms with Gasteiger partial charge in [-0.2, -0.15) is 0 Å². The Balaban J connectivity index is 1.57. The van der Waals surface area contributed by atoms with Gasteiger partial charge in [-0.05, 0) is 42.0 Å². The molecule has 0 spiro atoms. The number of pyridine rings is 1. The summed E-state index contributed by atoms with van der Waals surface area (Å²) in [7, 11) is 0. The highest BCUT2D eigenvalue weighted by Crippen LogP contribution is 2.16. The molecule has 0 saturated carbocycles. The maximum Gasteiger partial charge on any atom is 0.258 e. The molecule has 2 aromatic carbocycles. The molecule has 0 bridgehead atoms. The molecule has 1 aromatic heterocycles. The van der Waals surface area contributed by atoms with Crippen molar-refractivity contribution in [3.8, 4) is 5.75 Å². The molecule has 0 saturated heterocycles. The lowest BCUT2D eigenvalue weighted by Gasteiger charge is -2.09. The zero-order valence-electron chi connectivity index (χ0n) is 12.3. The molecule has 0 radical (unpaired) electrons. The zero-order chi connectivity index (χ0) is 16.1. The van der Waals surface area contributed by atoms with Gasteiger partial charge in [-0.1, -0.05) is 29.8 Å². The molecule has 1 N–H and O–H groups in total. The predicted octanol–water partition coefficient (Wildman–Crippen LogP) is 3.58. The summed E-state index contributed by atoms with van der Waals surface area (Å²) in [4.78, 5) is 16.2. The highest BCUT2D eigenvalue weighted by atomic mass is 35.5. The van der Waals surface area contributed by atoms with Crippen molar-refractivity contribution in [2.45, 2.75) is 6.54 Å². The second kappa shape index (κ2) is 7.11. The number of benzene rings is 2. The molecule has 0 aliphatic carbocycles. The van der Waals surface area contributed by atoms with Crippen LogP contribution >= 0.6 is 11.6 Å². The van der Waals surface area contributed by atoms with Crippen LogP contribution in [0.3, 0.4) is 0 Å². The van der Waals surface area contributed by atoms with Crippen molar-refractivity contribution < 1.29 is 9.53 Å². The van der Waals surface area contributed by atoms with Crippen molar-refractivity contribution >= 4 is 28.4 Å². The Bertz CT molecular complexity index is 813. The van der Waals surface area contributed by atoms with Crippen molar-refractivity contribution in [2.75, 3.05) is 6.61 Å². The van der Waals surface area contributed by atoms with Crippen LogP contribution in [0.5, 0.6) is 5.75 Å². The fourth-order valence-electron chi connectivity index (χ4n) is 2.23. The van der Waals surface area contributed by atoms with Crippen LogP contribution in [0.2, 0.25) is 5.02 Å². The summed E-state index contributed by atoms with van der Waals surface area (Å²) in [5.41, 5.74) is 1.94. The Hall–Kier alpha value is -2.59. The molecular formula is C18H15ClN2O2. The minimum atomic E-state index is -0.180. The number of ether oxygens (including phenoxy) is 1. The van der Waals surface area contributed by atoms with E-state index in [0.29, 0.717) is 17.3 Å². The van der Waals surface area contributed by atoms with Crippen LogP contribution in [-0.4, -0.2) is 17.5 Å². The van der Waals surface area contributed by atoms with E-state index in [9.17, 15) is 4.79 Å². The van der Waals surface area contributed by atoms with Gasteiger partial charge in [-0.3, -0.25) is 9.78 Å². The maximum absolute atomic E-state index is 11.9. The van der Waals surface area contributed by atoms with Gasteiger partial charge in [0.2, 0.25) is 0 Å². The third-order valence-electron chi connectivity index (χ3n) is 3.40. The van der Waals surface area contributed by atoms with Crippen molar-refractivity contribution in [2.24, 2.45) is 0 Å². The van der Waals surface area contributed by atoms with Gasteiger partial charge >= 0.3 is 0 Å². The largest absolute Gasteiger partial charge is 0.484 e. The number of para-hydroxylation sites is 1. The van der Waals surface area contributed by atoms with E-state index in [1.165, 1.54) is 0 Å². The van der Waals surface area contributed by atoms with Crippen LogP contribution in [0.4, 0.5) is 0 Å². The molecule has 3 aromatic rings. The highest BCUT2D eigenvalue weighted by molar-refractivity contribution is 6.30. The average molecular weight is 327 g/mol. The van der Waals surface area contributed by atoms with Gasteiger partial charge < -0.3 is 10.1 Å². The smallest absolute Gasteiger partial charge is 0.258 e. The third-order valence-corrected chi connectivity index (χ3v) is 3.65. The molecule has 0 aliphatic heterocycles. The minimum absolute atomic E-state index is 0.0371. The zero-order valence-corrected chi connectivity index (χ0v) is 13.1. The summed E-state index contributed by atoms with van der Waals surface area (Å²) >= 11 is 5.80. The van der Waals surface area contributed by atoms with E-state index < -0.39 is 0 Å². The van der Waals surface area contributed by atoms with E-state index in [1.54, 1.807) is 30.5 Å². The van der Waals surface area contributed by atoms with E-state index in [-0.39, 0.29) is 12.5 Å². The number of rotatable bonds is 5. The number of carbonyl (C=O) groups excluding carboxylic acids is 1. The van der Waals surface area contributed by atoms with Gasteiger partial charge in [0.25, 0.3) is 5.91 Å². The van der Waals surface area contributed by atoms with Crippen LogP contribution in [0.25, 0.3) is 10.9 Å². The summed E-state index contributed by atoms with van der Waals surface area (Å²) in [5, 5.41) is 4.52. The second-order valence-corrected chi connectivity index (χ2v) is 5.44. The number of nitrogens with one attached hydrogen (secondary N) is 1. The van der Waals surface area contributed by atoms with Gasteiger partial charge in [0.15, 0.2) is 6.61 Å². The molecule has 1 heterocycles. The number of fused-ring (bicyclic) bond motifs is 1.